The van der Waals surface area contributed by atoms with Gasteiger partial charge in [0.25, 0.3) is 11.8 Å². The summed E-state index contributed by atoms with van der Waals surface area (Å²) in [7, 11) is 0. The highest BCUT2D eigenvalue weighted by atomic mass is 16.2. The standard InChI is InChI=1S/C21H22N4O2/c1-13(2)18-6-4-5-14(3)19(18)25-21(27)16(11-22)12-24-20(26)15-7-9-17(23)10-8-15/h4-10,12-13H,23H2,1-3H3,(H,24,26)(H,25,27)/b16-12-. The number of para-hydroxylation sites is 1. The molecule has 2 aromatic rings. The zero-order valence-corrected chi connectivity index (χ0v) is 15.5. The van der Waals surface area contributed by atoms with E-state index in [0.29, 0.717) is 16.9 Å². The van der Waals surface area contributed by atoms with E-state index >= 15 is 0 Å². The van der Waals surface area contributed by atoms with E-state index < -0.39 is 11.8 Å². The van der Waals surface area contributed by atoms with Gasteiger partial charge in [-0.2, -0.15) is 5.26 Å². The maximum atomic E-state index is 12.5. The van der Waals surface area contributed by atoms with E-state index in [1.807, 2.05) is 45.0 Å². The molecule has 2 rings (SSSR count). The molecule has 0 aliphatic carbocycles. The number of nitrogens with two attached hydrogens (primary N) is 1. The molecule has 0 aromatic heterocycles. The van der Waals surface area contributed by atoms with Crippen LogP contribution in [0.2, 0.25) is 0 Å². The fourth-order valence-corrected chi connectivity index (χ4v) is 2.53. The van der Waals surface area contributed by atoms with E-state index in [2.05, 4.69) is 10.6 Å². The number of carbonyl (C=O) groups is 2. The minimum absolute atomic E-state index is 0.197. The van der Waals surface area contributed by atoms with Gasteiger partial charge in [0.05, 0.1) is 0 Å². The van der Waals surface area contributed by atoms with Crippen LogP contribution in [0.3, 0.4) is 0 Å². The number of benzene rings is 2. The Balaban J connectivity index is 2.17. The Hall–Kier alpha value is -3.59. The number of nitrogens with zero attached hydrogens (tertiary/aromatic N) is 1. The van der Waals surface area contributed by atoms with Crippen molar-refractivity contribution in [3.05, 3.63) is 70.9 Å². The van der Waals surface area contributed by atoms with Gasteiger partial charge in [0.2, 0.25) is 0 Å². The number of aryl methyl sites for hydroxylation is 1. The van der Waals surface area contributed by atoms with Crippen molar-refractivity contribution >= 4 is 23.2 Å². The van der Waals surface area contributed by atoms with Gasteiger partial charge in [0, 0.05) is 23.1 Å². The number of carbonyl (C=O) groups excluding carboxylic acids is 2. The molecule has 0 aliphatic heterocycles. The summed E-state index contributed by atoms with van der Waals surface area (Å²) in [5.41, 5.74) is 8.87. The molecular weight excluding hydrogens is 340 g/mol. The number of nitrogen functional groups attached to an aromatic ring is 1. The molecule has 0 saturated carbocycles. The predicted molar refractivity (Wildman–Crippen MR) is 106 cm³/mol. The fraction of sp³-hybridized carbons (Fsp3) is 0.190. The van der Waals surface area contributed by atoms with Crippen LogP contribution < -0.4 is 16.4 Å². The Morgan fingerprint density at radius 1 is 1.15 bits per heavy atom. The fourth-order valence-electron chi connectivity index (χ4n) is 2.53. The van der Waals surface area contributed by atoms with E-state index in [0.717, 1.165) is 17.3 Å². The third-order valence-corrected chi connectivity index (χ3v) is 4.05. The summed E-state index contributed by atoms with van der Waals surface area (Å²) in [5, 5.41) is 14.5. The van der Waals surface area contributed by atoms with Gasteiger partial charge in [0.1, 0.15) is 11.6 Å². The third kappa shape index (κ3) is 4.95. The van der Waals surface area contributed by atoms with Crippen molar-refractivity contribution in [2.45, 2.75) is 26.7 Å². The van der Waals surface area contributed by atoms with Crippen molar-refractivity contribution in [3.8, 4) is 6.07 Å². The molecule has 0 heterocycles. The first-order chi connectivity index (χ1) is 12.8. The molecule has 0 saturated heterocycles. The van der Waals surface area contributed by atoms with Crippen LogP contribution >= 0.6 is 0 Å². The van der Waals surface area contributed by atoms with Crippen molar-refractivity contribution in [1.82, 2.24) is 5.32 Å². The first-order valence-electron chi connectivity index (χ1n) is 8.51. The first kappa shape index (κ1) is 19.7. The SMILES string of the molecule is Cc1cccc(C(C)C)c1NC(=O)/C(C#N)=C\NC(=O)c1ccc(N)cc1. The van der Waals surface area contributed by atoms with E-state index in [1.165, 1.54) is 0 Å². The second-order valence-electron chi connectivity index (χ2n) is 6.41. The van der Waals surface area contributed by atoms with Crippen LogP contribution in [0.5, 0.6) is 0 Å². The molecule has 6 nitrogen and oxygen atoms in total. The van der Waals surface area contributed by atoms with Gasteiger partial charge >= 0.3 is 0 Å². The topological polar surface area (TPSA) is 108 Å². The number of nitrogens with one attached hydrogen (secondary N) is 2. The zero-order valence-electron chi connectivity index (χ0n) is 15.5. The van der Waals surface area contributed by atoms with Crippen LogP contribution in [0.1, 0.15) is 41.3 Å². The third-order valence-electron chi connectivity index (χ3n) is 4.05. The molecule has 0 unspecified atom stereocenters. The zero-order chi connectivity index (χ0) is 20.0. The Morgan fingerprint density at radius 3 is 2.41 bits per heavy atom. The minimum atomic E-state index is -0.577. The molecule has 0 bridgehead atoms. The van der Waals surface area contributed by atoms with Gasteiger partial charge in [-0.05, 0) is 48.2 Å². The van der Waals surface area contributed by atoms with Crippen molar-refractivity contribution in [1.29, 1.82) is 5.26 Å². The molecule has 0 fully saturated rings. The van der Waals surface area contributed by atoms with Gasteiger partial charge in [-0.25, -0.2) is 0 Å². The van der Waals surface area contributed by atoms with Gasteiger partial charge in [0.15, 0.2) is 0 Å². The molecule has 0 atom stereocenters. The highest BCUT2D eigenvalue weighted by Gasteiger charge is 2.15. The lowest BCUT2D eigenvalue weighted by Crippen LogP contribution is -2.22. The van der Waals surface area contributed by atoms with E-state index in [-0.39, 0.29) is 11.5 Å². The molecule has 2 amide bonds. The smallest absolute Gasteiger partial charge is 0.267 e. The van der Waals surface area contributed by atoms with Crippen LogP contribution in [0, 0.1) is 18.3 Å². The van der Waals surface area contributed by atoms with E-state index in [4.69, 9.17) is 5.73 Å². The summed E-state index contributed by atoms with van der Waals surface area (Å²) in [4.78, 5) is 24.6. The van der Waals surface area contributed by atoms with Crippen molar-refractivity contribution in [2.24, 2.45) is 0 Å². The summed E-state index contributed by atoms with van der Waals surface area (Å²) in [6.07, 6.45) is 1.11. The van der Waals surface area contributed by atoms with Crippen LogP contribution in [-0.4, -0.2) is 11.8 Å². The summed E-state index contributed by atoms with van der Waals surface area (Å²) >= 11 is 0. The van der Waals surface area contributed by atoms with Crippen LogP contribution in [0.25, 0.3) is 0 Å². The highest BCUT2D eigenvalue weighted by Crippen LogP contribution is 2.27. The lowest BCUT2D eigenvalue weighted by molar-refractivity contribution is -0.112. The molecule has 0 radical (unpaired) electrons. The van der Waals surface area contributed by atoms with Crippen molar-refractivity contribution in [2.75, 3.05) is 11.1 Å². The van der Waals surface area contributed by atoms with Crippen molar-refractivity contribution in [3.63, 3.8) is 0 Å². The highest BCUT2D eigenvalue weighted by molar-refractivity contribution is 6.07. The number of anilines is 2. The molecule has 138 valence electrons. The number of amides is 2. The molecular formula is C21H22N4O2. The molecule has 27 heavy (non-hydrogen) atoms. The van der Waals surface area contributed by atoms with Gasteiger partial charge in [-0.3, -0.25) is 9.59 Å². The minimum Gasteiger partial charge on any atom is -0.399 e. The average molecular weight is 362 g/mol. The summed E-state index contributed by atoms with van der Waals surface area (Å²) in [5.74, 6) is -0.805. The van der Waals surface area contributed by atoms with E-state index in [1.54, 1.807) is 24.3 Å². The average Bonchev–Trinajstić information content (AvgIpc) is 2.64. The largest absolute Gasteiger partial charge is 0.399 e. The normalized spacial score (nSPS) is 11.0. The van der Waals surface area contributed by atoms with Gasteiger partial charge in [-0.15, -0.1) is 0 Å². The number of hydrogen-bond donors (Lipinski definition) is 3. The Morgan fingerprint density at radius 2 is 1.81 bits per heavy atom. The van der Waals surface area contributed by atoms with Crippen molar-refractivity contribution < 1.29 is 9.59 Å². The number of nitriles is 1. The maximum absolute atomic E-state index is 12.5. The maximum Gasteiger partial charge on any atom is 0.267 e. The number of hydrogen-bond acceptors (Lipinski definition) is 4. The molecule has 0 aliphatic rings. The van der Waals surface area contributed by atoms with Crippen LogP contribution in [-0.2, 0) is 4.79 Å². The summed E-state index contributed by atoms with van der Waals surface area (Å²) < 4.78 is 0. The monoisotopic (exact) mass is 362 g/mol. The second-order valence-corrected chi connectivity index (χ2v) is 6.41. The Labute approximate surface area is 158 Å². The number of rotatable bonds is 5. The first-order valence-corrected chi connectivity index (χ1v) is 8.51. The lowest BCUT2D eigenvalue weighted by atomic mass is 9.98. The van der Waals surface area contributed by atoms with Gasteiger partial charge < -0.3 is 16.4 Å². The van der Waals surface area contributed by atoms with Gasteiger partial charge in [-0.1, -0.05) is 32.0 Å². The Kier molecular flexibility index (Phi) is 6.34. The predicted octanol–water partition coefficient (Wildman–Crippen LogP) is 3.48. The quantitative estimate of drug-likeness (QED) is 0.430. The van der Waals surface area contributed by atoms with Crippen LogP contribution in [0.15, 0.2) is 54.2 Å². The van der Waals surface area contributed by atoms with E-state index in [9.17, 15) is 14.9 Å². The lowest BCUT2D eigenvalue weighted by Gasteiger charge is -2.16. The summed E-state index contributed by atoms with van der Waals surface area (Å²) in [6, 6.07) is 13.9. The Bertz CT molecular complexity index is 922. The van der Waals surface area contributed by atoms with Crippen LogP contribution in [0.4, 0.5) is 11.4 Å². The molecule has 2 aromatic carbocycles. The second kappa shape index (κ2) is 8.68. The summed E-state index contributed by atoms with van der Waals surface area (Å²) in [6.45, 7) is 5.94. The molecule has 6 heteroatoms. The molecule has 4 N–H and O–H groups in total. The molecule has 0 spiro atoms.